The number of nitrogens with one attached hydrogen (secondary N) is 1. The molecule has 3 aliphatic rings. The standard InChI is InChI=1S/C45H53BrN2O13/c1-21-11-10-12-22(2)44(56)48-35-30(19-47-59-20-28-13-15-29(46)16-14-28)39(53)32-33(40(35)54)38(52)26(6)42-34(32)43(55)45(8,61-42)58-18-17-31(57-9)23(3)41(60-27(7)49)25(5)37(51)24(4)36(21)50/h10-19,21,23-25,31,36-37,41,50-54H,20H2,1-9H3,(H,48,56)/b11-10+,18-17+,22-12+,47-19-. The first-order chi connectivity index (χ1) is 28.7. The number of aliphatic hydroxyl groups excluding tert-OH is 2. The molecule has 16 heteroatoms. The van der Waals surface area contributed by atoms with Gasteiger partial charge in [-0.25, -0.2) is 0 Å². The zero-order valence-electron chi connectivity index (χ0n) is 35.4. The van der Waals surface area contributed by atoms with E-state index in [2.05, 4.69) is 26.4 Å². The van der Waals surface area contributed by atoms with Crippen molar-refractivity contribution in [3.05, 3.63) is 87.1 Å². The summed E-state index contributed by atoms with van der Waals surface area (Å²) in [4.78, 5) is 46.0. The third-order valence-electron chi connectivity index (χ3n) is 11.4. The van der Waals surface area contributed by atoms with Gasteiger partial charge in [-0.3, -0.25) is 14.4 Å². The number of carbonyl (C=O) groups excluding carboxylic acids is 3. The van der Waals surface area contributed by atoms with Crippen molar-refractivity contribution in [2.45, 2.75) is 92.2 Å². The number of methoxy groups -OCH3 is 1. The van der Waals surface area contributed by atoms with Gasteiger partial charge in [0.1, 0.15) is 30.0 Å². The van der Waals surface area contributed by atoms with Gasteiger partial charge in [-0.1, -0.05) is 79.1 Å². The molecule has 0 aliphatic carbocycles. The van der Waals surface area contributed by atoms with Crippen LogP contribution in [0.1, 0.15) is 75.5 Å². The molecule has 0 saturated carbocycles. The lowest BCUT2D eigenvalue weighted by Gasteiger charge is -2.38. The number of halogens is 1. The number of aromatic hydroxyl groups is 3. The number of phenols is 3. The van der Waals surface area contributed by atoms with Gasteiger partial charge in [0.2, 0.25) is 0 Å². The minimum Gasteiger partial charge on any atom is -0.507 e. The number of nitrogens with zero attached hydrogens (tertiary/aromatic N) is 1. The van der Waals surface area contributed by atoms with E-state index in [0.29, 0.717) is 0 Å². The molecular formula is C45H53BrN2O13. The number of rotatable bonds is 6. The number of esters is 1. The Hall–Kier alpha value is -5.42. The number of carbonyl (C=O) groups is 3. The van der Waals surface area contributed by atoms with Crippen LogP contribution in [0.25, 0.3) is 10.8 Å². The molecular weight excluding hydrogens is 856 g/mol. The van der Waals surface area contributed by atoms with Crippen LogP contribution in [0, 0.1) is 30.6 Å². The molecule has 3 aliphatic heterocycles. The van der Waals surface area contributed by atoms with Crippen molar-refractivity contribution in [3.8, 4) is 23.0 Å². The Labute approximate surface area is 362 Å². The average Bonchev–Trinajstić information content (AvgIpc) is 3.49. The number of ketones is 1. The van der Waals surface area contributed by atoms with Crippen molar-refractivity contribution in [2.75, 3.05) is 12.4 Å². The second-order valence-corrected chi connectivity index (χ2v) is 16.7. The van der Waals surface area contributed by atoms with Crippen LogP contribution in [0.5, 0.6) is 23.0 Å². The summed E-state index contributed by atoms with van der Waals surface area (Å²) in [6.45, 7) is 12.4. The topological polar surface area (TPSA) is 223 Å². The van der Waals surface area contributed by atoms with Crippen molar-refractivity contribution in [1.29, 1.82) is 0 Å². The maximum Gasteiger partial charge on any atom is 0.312 e. The van der Waals surface area contributed by atoms with Crippen LogP contribution in [0.2, 0.25) is 0 Å². The zero-order chi connectivity index (χ0) is 45.1. The SMILES string of the molecule is COC1/C=C/OC2(C)Oc3c(C)c(O)c4c(O)c(c(/C=N\OCc5ccc(Br)cc5)c(O)c4c3C2=O)NC(=O)/C(C)=C/C=C/C(C)C(O)C(C)C(O)C(C)C(OC(C)=O)C1C. The number of ether oxygens (including phenoxy) is 4. The van der Waals surface area contributed by atoms with Gasteiger partial charge in [0.25, 0.3) is 11.7 Å². The number of phenolic OH excluding ortho intramolecular Hbond substituents is 3. The van der Waals surface area contributed by atoms with Crippen molar-refractivity contribution >= 4 is 56.3 Å². The number of amides is 1. The fourth-order valence-corrected chi connectivity index (χ4v) is 7.92. The molecule has 0 aromatic heterocycles. The number of fused-ring (bicyclic) bond motifs is 14. The number of benzene rings is 3. The van der Waals surface area contributed by atoms with Crippen LogP contribution in [0.3, 0.4) is 0 Å². The monoisotopic (exact) mass is 908 g/mol. The maximum atomic E-state index is 14.4. The van der Waals surface area contributed by atoms with E-state index in [4.69, 9.17) is 23.8 Å². The highest BCUT2D eigenvalue weighted by atomic mass is 79.9. The first kappa shape index (κ1) is 46.6. The summed E-state index contributed by atoms with van der Waals surface area (Å²) in [7, 11) is 1.43. The van der Waals surface area contributed by atoms with Crippen LogP contribution in [-0.4, -0.2) is 86.7 Å². The summed E-state index contributed by atoms with van der Waals surface area (Å²) in [6, 6.07) is 7.25. The van der Waals surface area contributed by atoms with Crippen LogP contribution in [-0.2, 0) is 35.2 Å². The Kier molecular flexibility index (Phi) is 14.6. The number of allylic oxidation sites excluding steroid dienone is 2. The van der Waals surface area contributed by atoms with Crippen molar-refractivity contribution in [3.63, 3.8) is 0 Å². The molecule has 6 rings (SSSR count). The van der Waals surface area contributed by atoms with Crippen LogP contribution < -0.4 is 10.1 Å². The van der Waals surface area contributed by atoms with Gasteiger partial charge < -0.3 is 54.6 Å². The lowest BCUT2D eigenvalue weighted by atomic mass is 9.78. The normalized spacial score (nSPS) is 29.4. The predicted molar refractivity (Wildman–Crippen MR) is 230 cm³/mol. The first-order valence-electron chi connectivity index (χ1n) is 19.7. The quantitative estimate of drug-likeness (QED) is 0.0480. The van der Waals surface area contributed by atoms with Crippen molar-refractivity contribution in [2.24, 2.45) is 28.8 Å². The van der Waals surface area contributed by atoms with Gasteiger partial charge in [0.05, 0.1) is 53.0 Å². The molecule has 3 aromatic rings. The van der Waals surface area contributed by atoms with Gasteiger partial charge in [-0.2, -0.15) is 0 Å². The summed E-state index contributed by atoms with van der Waals surface area (Å²) < 4.78 is 24.4. The van der Waals surface area contributed by atoms with Crippen molar-refractivity contribution in [1.82, 2.24) is 0 Å². The third-order valence-corrected chi connectivity index (χ3v) is 12.0. The molecule has 0 fully saturated rings. The molecule has 61 heavy (non-hydrogen) atoms. The van der Waals surface area contributed by atoms with Gasteiger partial charge in [0.15, 0.2) is 5.75 Å². The molecule has 0 saturated heterocycles. The number of anilines is 1. The minimum absolute atomic E-state index is 0.0158. The summed E-state index contributed by atoms with van der Waals surface area (Å²) >= 11 is 3.38. The molecule has 3 aromatic carbocycles. The van der Waals surface area contributed by atoms with Gasteiger partial charge in [-0.15, -0.1) is 0 Å². The largest absolute Gasteiger partial charge is 0.507 e. The van der Waals surface area contributed by atoms with Gasteiger partial charge >= 0.3 is 11.8 Å². The Balaban J connectivity index is 1.68. The van der Waals surface area contributed by atoms with E-state index in [1.165, 1.54) is 53.2 Å². The second-order valence-electron chi connectivity index (χ2n) is 15.8. The van der Waals surface area contributed by atoms with Gasteiger partial charge in [-0.05, 0) is 37.6 Å². The molecule has 0 radical (unpaired) electrons. The van der Waals surface area contributed by atoms with E-state index in [1.54, 1.807) is 52.0 Å². The van der Waals surface area contributed by atoms with E-state index < -0.39 is 88.8 Å². The molecule has 9 unspecified atom stereocenters. The second kappa shape index (κ2) is 19.1. The number of hydrogen-bond acceptors (Lipinski definition) is 14. The summed E-state index contributed by atoms with van der Waals surface area (Å²) in [5.41, 5.74) is 0.0678. The molecule has 9 atom stereocenters. The smallest absolute Gasteiger partial charge is 0.312 e. The van der Waals surface area contributed by atoms with Crippen LogP contribution >= 0.6 is 15.9 Å². The Bertz CT molecular complexity index is 2290. The fourth-order valence-electron chi connectivity index (χ4n) is 7.65. The first-order valence-corrected chi connectivity index (χ1v) is 20.5. The Morgan fingerprint density at radius 3 is 2.26 bits per heavy atom. The van der Waals surface area contributed by atoms with Crippen LogP contribution in [0.15, 0.2) is 70.0 Å². The average molecular weight is 910 g/mol. The number of hydrogen-bond donors (Lipinski definition) is 6. The molecule has 15 nitrogen and oxygen atoms in total. The van der Waals surface area contributed by atoms with Crippen molar-refractivity contribution < 1.29 is 63.7 Å². The number of oxime groups is 1. The van der Waals surface area contributed by atoms with E-state index in [9.17, 15) is 39.9 Å². The van der Waals surface area contributed by atoms with E-state index in [0.717, 1.165) is 16.3 Å². The minimum atomic E-state index is -2.08. The lowest BCUT2D eigenvalue weighted by molar-refractivity contribution is -0.160. The lowest BCUT2D eigenvalue weighted by Crippen LogP contribution is -2.46. The Morgan fingerprint density at radius 1 is 0.951 bits per heavy atom. The zero-order valence-corrected chi connectivity index (χ0v) is 37.0. The van der Waals surface area contributed by atoms with Crippen LogP contribution in [0.4, 0.5) is 5.69 Å². The van der Waals surface area contributed by atoms with E-state index in [1.807, 2.05) is 12.1 Å². The third kappa shape index (κ3) is 9.57. The molecule has 3 heterocycles. The fraction of sp³-hybridized carbons (Fsp3) is 0.422. The van der Waals surface area contributed by atoms with E-state index >= 15 is 0 Å². The molecule has 0 spiro atoms. The predicted octanol–water partition coefficient (Wildman–Crippen LogP) is 7.07. The number of aliphatic hydroxyl groups is 2. The van der Waals surface area contributed by atoms with E-state index in [-0.39, 0.29) is 51.1 Å². The van der Waals surface area contributed by atoms with Gasteiger partial charge in [0, 0.05) is 65.6 Å². The number of Topliss-reactive ketones (excluding diaryl/α,β-unsaturated/α-hetero) is 1. The highest BCUT2D eigenvalue weighted by Gasteiger charge is 2.50. The highest BCUT2D eigenvalue weighted by Crippen LogP contribution is 2.55. The molecule has 328 valence electrons. The Morgan fingerprint density at radius 2 is 1.62 bits per heavy atom. The molecule has 1 amide bonds. The highest BCUT2D eigenvalue weighted by molar-refractivity contribution is 9.10. The summed E-state index contributed by atoms with van der Waals surface area (Å²) in [5, 5.41) is 64.2. The maximum absolute atomic E-state index is 14.4. The summed E-state index contributed by atoms with van der Waals surface area (Å²) in [6.07, 6.45) is 4.45. The molecule has 6 N–H and O–H groups in total. The summed E-state index contributed by atoms with van der Waals surface area (Å²) in [5.74, 6) is -8.77. The molecule has 5 bridgehead atoms.